The molecule has 0 unspecified atom stereocenters. The fraction of sp³-hybridized carbons (Fsp3) is 0.294. The van der Waals surface area contributed by atoms with Gasteiger partial charge in [0, 0.05) is 31.9 Å². The third-order valence-electron chi connectivity index (χ3n) is 3.76. The van der Waals surface area contributed by atoms with Gasteiger partial charge in [-0.15, -0.1) is 0 Å². The predicted octanol–water partition coefficient (Wildman–Crippen LogP) is 2.83. The van der Waals surface area contributed by atoms with E-state index in [9.17, 15) is 4.39 Å². The molecular formula is C17H19FN2. The van der Waals surface area contributed by atoms with Gasteiger partial charge in [0.2, 0.25) is 0 Å². The molecule has 2 aromatic rings. The molecule has 2 aromatic carbocycles. The Morgan fingerprint density at radius 1 is 0.950 bits per heavy atom. The van der Waals surface area contributed by atoms with Crippen molar-refractivity contribution >= 4 is 5.69 Å². The van der Waals surface area contributed by atoms with E-state index < -0.39 is 0 Å². The number of hydrogen-bond acceptors (Lipinski definition) is 2. The summed E-state index contributed by atoms with van der Waals surface area (Å²) in [7, 11) is 0. The number of rotatable bonds is 3. The second-order valence-electron chi connectivity index (χ2n) is 5.17. The number of para-hydroxylation sites is 1. The van der Waals surface area contributed by atoms with Crippen molar-refractivity contribution in [1.82, 2.24) is 5.32 Å². The van der Waals surface area contributed by atoms with Gasteiger partial charge in [-0.2, -0.15) is 0 Å². The predicted molar refractivity (Wildman–Crippen MR) is 80.7 cm³/mol. The average molecular weight is 270 g/mol. The highest BCUT2D eigenvalue weighted by atomic mass is 19.1. The lowest BCUT2D eigenvalue weighted by molar-refractivity contribution is 0.588. The molecular weight excluding hydrogens is 251 g/mol. The molecule has 1 N–H and O–H groups in total. The Morgan fingerprint density at radius 3 is 2.40 bits per heavy atom. The van der Waals surface area contributed by atoms with Crippen molar-refractivity contribution < 1.29 is 4.39 Å². The lowest BCUT2D eigenvalue weighted by atomic mass is 10.0. The van der Waals surface area contributed by atoms with Crippen LogP contribution in [0.4, 0.5) is 10.1 Å². The summed E-state index contributed by atoms with van der Waals surface area (Å²) in [5.41, 5.74) is 3.76. The second-order valence-corrected chi connectivity index (χ2v) is 5.17. The van der Waals surface area contributed by atoms with Gasteiger partial charge in [-0.3, -0.25) is 0 Å². The van der Waals surface area contributed by atoms with Crippen molar-refractivity contribution in [1.29, 1.82) is 0 Å². The van der Waals surface area contributed by atoms with E-state index in [0.29, 0.717) is 0 Å². The van der Waals surface area contributed by atoms with Crippen LogP contribution in [0, 0.1) is 5.82 Å². The highest BCUT2D eigenvalue weighted by Gasteiger charge is 2.13. The molecule has 0 spiro atoms. The van der Waals surface area contributed by atoms with Gasteiger partial charge in [-0.05, 0) is 35.7 Å². The van der Waals surface area contributed by atoms with Crippen molar-refractivity contribution in [2.24, 2.45) is 0 Å². The number of anilines is 1. The third-order valence-corrected chi connectivity index (χ3v) is 3.76. The summed E-state index contributed by atoms with van der Waals surface area (Å²) in [5.74, 6) is -0.177. The van der Waals surface area contributed by atoms with E-state index in [1.54, 1.807) is 0 Å². The molecule has 1 heterocycles. The molecule has 0 aliphatic carbocycles. The monoisotopic (exact) mass is 270 g/mol. The van der Waals surface area contributed by atoms with Gasteiger partial charge in [-0.25, -0.2) is 4.39 Å². The topological polar surface area (TPSA) is 15.3 Å². The molecule has 0 amide bonds. The minimum Gasteiger partial charge on any atom is -0.369 e. The highest BCUT2D eigenvalue weighted by Crippen LogP contribution is 2.23. The van der Waals surface area contributed by atoms with E-state index in [1.165, 1.54) is 23.4 Å². The number of benzene rings is 2. The van der Waals surface area contributed by atoms with Crippen LogP contribution in [-0.4, -0.2) is 26.2 Å². The molecule has 1 aliphatic rings. The van der Waals surface area contributed by atoms with E-state index in [2.05, 4.69) is 34.5 Å². The Labute approximate surface area is 119 Å². The first-order valence-electron chi connectivity index (χ1n) is 7.11. The van der Waals surface area contributed by atoms with Crippen molar-refractivity contribution in [3.05, 3.63) is 65.5 Å². The van der Waals surface area contributed by atoms with Gasteiger partial charge in [0.25, 0.3) is 0 Å². The van der Waals surface area contributed by atoms with Gasteiger partial charge in [0.15, 0.2) is 0 Å². The third kappa shape index (κ3) is 2.99. The van der Waals surface area contributed by atoms with Gasteiger partial charge in [0.1, 0.15) is 5.82 Å². The Bertz CT molecular complexity index is 559. The smallest absolute Gasteiger partial charge is 0.123 e. The molecule has 20 heavy (non-hydrogen) atoms. The quantitative estimate of drug-likeness (QED) is 0.922. The molecule has 0 aromatic heterocycles. The molecule has 1 saturated heterocycles. The average Bonchev–Trinajstić information content (AvgIpc) is 2.51. The van der Waals surface area contributed by atoms with Crippen LogP contribution in [0.1, 0.15) is 11.1 Å². The number of hydrogen-bond donors (Lipinski definition) is 1. The molecule has 0 saturated carbocycles. The van der Waals surface area contributed by atoms with E-state index in [-0.39, 0.29) is 5.82 Å². The van der Waals surface area contributed by atoms with Crippen LogP contribution in [0.3, 0.4) is 0 Å². The first-order chi connectivity index (χ1) is 9.83. The molecule has 3 heteroatoms. The van der Waals surface area contributed by atoms with E-state index in [0.717, 1.165) is 38.2 Å². The minimum atomic E-state index is -0.177. The lowest BCUT2D eigenvalue weighted by Gasteiger charge is -2.31. The number of piperazine rings is 1. The Kier molecular flexibility index (Phi) is 3.97. The largest absolute Gasteiger partial charge is 0.369 e. The fourth-order valence-corrected chi connectivity index (χ4v) is 2.70. The summed E-state index contributed by atoms with van der Waals surface area (Å²) >= 11 is 0. The van der Waals surface area contributed by atoms with Crippen LogP contribution < -0.4 is 10.2 Å². The van der Waals surface area contributed by atoms with Crippen molar-refractivity contribution in [2.75, 3.05) is 31.1 Å². The zero-order chi connectivity index (χ0) is 13.8. The van der Waals surface area contributed by atoms with Crippen LogP contribution >= 0.6 is 0 Å². The van der Waals surface area contributed by atoms with E-state index in [1.807, 2.05) is 12.1 Å². The molecule has 2 nitrogen and oxygen atoms in total. The number of halogens is 1. The maximum atomic E-state index is 13.0. The van der Waals surface area contributed by atoms with Crippen molar-refractivity contribution in [3.8, 4) is 0 Å². The van der Waals surface area contributed by atoms with Crippen LogP contribution in [-0.2, 0) is 6.42 Å². The molecule has 0 bridgehead atoms. The first-order valence-corrected chi connectivity index (χ1v) is 7.11. The lowest BCUT2D eigenvalue weighted by Crippen LogP contribution is -2.43. The van der Waals surface area contributed by atoms with Gasteiger partial charge < -0.3 is 10.2 Å². The van der Waals surface area contributed by atoms with Crippen molar-refractivity contribution in [3.63, 3.8) is 0 Å². The molecule has 0 atom stereocenters. The molecule has 3 rings (SSSR count). The standard InChI is InChI=1S/C17H19FN2/c18-16-7-5-14(6-8-16)13-15-3-1-2-4-17(15)20-11-9-19-10-12-20/h1-8,19H,9-13H2. The first kappa shape index (κ1) is 13.1. The molecule has 104 valence electrons. The normalized spacial score (nSPS) is 15.3. The van der Waals surface area contributed by atoms with Crippen LogP contribution in [0.15, 0.2) is 48.5 Å². The number of nitrogens with one attached hydrogen (secondary N) is 1. The van der Waals surface area contributed by atoms with Crippen LogP contribution in [0.2, 0.25) is 0 Å². The maximum Gasteiger partial charge on any atom is 0.123 e. The summed E-state index contributed by atoms with van der Waals surface area (Å²) in [6, 6.07) is 15.3. The second kappa shape index (κ2) is 6.06. The van der Waals surface area contributed by atoms with E-state index >= 15 is 0 Å². The fourth-order valence-electron chi connectivity index (χ4n) is 2.70. The SMILES string of the molecule is Fc1ccc(Cc2ccccc2N2CCNCC2)cc1. The minimum absolute atomic E-state index is 0.177. The Morgan fingerprint density at radius 2 is 1.65 bits per heavy atom. The van der Waals surface area contributed by atoms with Crippen LogP contribution in [0.25, 0.3) is 0 Å². The molecule has 1 fully saturated rings. The summed E-state index contributed by atoms with van der Waals surface area (Å²) in [6.07, 6.45) is 0.848. The Balaban J connectivity index is 1.83. The van der Waals surface area contributed by atoms with Crippen molar-refractivity contribution in [2.45, 2.75) is 6.42 Å². The van der Waals surface area contributed by atoms with E-state index in [4.69, 9.17) is 0 Å². The highest BCUT2D eigenvalue weighted by molar-refractivity contribution is 5.55. The zero-order valence-electron chi connectivity index (χ0n) is 11.5. The molecule has 0 radical (unpaired) electrons. The molecule has 1 aliphatic heterocycles. The Hall–Kier alpha value is -1.87. The summed E-state index contributed by atoms with van der Waals surface area (Å²) in [6.45, 7) is 4.15. The van der Waals surface area contributed by atoms with Crippen LogP contribution in [0.5, 0.6) is 0 Å². The zero-order valence-corrected chi connectivity index (χ0v) is 11.5. The summed E-state index contributed by atoms with van der Waals surface area (Å²) in [4.78, 5) is 2.43. The summed E-state index contributed by atoms with van der Waals surface area (Å²) < 4.78 is 13.0. The van der Waals surface area contributed by atoms with Gasteiger partial charge >= 0.3 is 0 Å². The van der Waals surface area contributed by atoms with Gasteiger partial charge in [0.05, 0.1) is 0 Å². The maximum absolute atomic E-state index is 13.0. The number of nitrogens with zero attached hydrogens (tertiary/aromatic N) is 1. The summed E-state index contributed by atoms with van der Waals surface area (Å²) in [5, 5.41) is 3.38. The van der Waals surface area contributed by atoms with Gasteiger partial charge in [-0.1, -0.05) is 30.3 Å².